The van der Waals surface area contributed by atoms with Crippen LogP contribution in [0.4, 0.5) is 0 Å². The van der Waals surface area contributed by atoms with E-state index in [1.54, 1.807) is 0 Å². The summed E-state index contributed by atoms with van der Waals surface area (Å²) in [5.41, 5.74) is 0. The summed E-state index contributed by atoms with van der Waals surface area (Å²) in [5.74, 6) is 0. The van der Waals surface area contributed by atoms with Crippen molar-refractivity contribution in [2.45, 2.75) is 64.3 Å². The molecule has 2 aliphatic heterocycles. The van der Waals surface area contributed by atoms with E-state index in [9.17, 15) is 0 Å². The second-order valence-electron chi connectivity index (χ2n) is 5.58. The fourth-order valence-electron chi connectivity index (χ4n) is 2.87. The van der Waals surface area contributed by atoms with Crippen molar-refractivity contribution in [3.63, 3.8) is 0 Å². The topological polar surface area (TPSA) is 24.5 Å². The van der Waals surface area contributed by atoms with Crippen molar-refractivity contribution in [2.75, 3.05) is 19.7 Å². The van der Waals surface area contributed by atoms with Gasteiger partial charge in [0.25, 0.3) is 0 Å². The molecule has 0 radical (unpaired) electrons. The predicted molar refractivity (Wildman–Crippen MR) is 66.7 cm³/mol. The summed E-state index contributed by atoms with van der Waals surface area (Å²) < 4.78 is 5.72. The summed E-state index contributed by atoms with van der Waals surface area (Å²) in [6, 6.07) is 1.87. The van der Waals surface area contributed by atoms with Crippen molar-refractivity contribution in [1.82, 2.24) is 10.2 Å². The highest BCUT2D eigenvalue weighted by molar-refractivity contribution is 4.87. The third-order valence-corrected chi connectivity index (χ3v) is 3.97. The number of likely N-dealkylation sites (tertiary alicyclic amines) is 1. The van der Waals surface area contributed by atoms with Gasteiger partial charge in [0.05, 0.1) is 6.10 Å². The molecule has 3 heteroatoms. The van der Waals surface area contributed by atoms with Gasteiger partial charge in [-0.15, -0.1) is 0 Å². The van der Waals surface area contributed by atoms with Gasteiger partial charge in [0.2, 0.25) is 0 Å². The Morgan fingerprint density at radius 3 is 2.62 bits per heavy atom. The first-order valence-electron chi connectivity index (χ1n) is 6.78. The number of nitrogens with one attached hydrogen (secondary N) is 1. The van der Waals surface area contributed by atoms with Gasteiger partial charge in [0.15, 0.2) is 0 Å². The number of nitrogens with zero attached hydrogens (tertiary/aromatic N) is 1. The zero-order chi connectivity index (χ0) is 11.5. The highest BCUT2D eigenvalue weighted by atomic mass is 16.5. The lowest BCUT2D eigenvalue weighted by atomic mass is 10.1. The molecular formula is C13H26N2O. The van der Waals surface area contributed by atoms with Crippen LogP contribution < -0.4 is 5.32 Å². The van der Waals surface area contributed by atoms with Gasteiger partial charge < -0.3 is 10.1 Å². The van der Waals surface area contributed by atoms with Crippen molar-refractivity contribution in [2.24, 2.45) is 0 Å². The number of rotatable bonds is 4. The SMILES string of the molecule is CC(NC1CCN(C(C)C)C1)C1CCCO1. The molecule has 2 fully saturated rings. The van der Waals surface area contributed by atoms with Gasteiger partial charge in [-0.3, -0.25) is 4.90 Å². The summed E-state index contributed by atoms with van der Waals surface area (Å²) >= 11 is 0. The Balaban J connectivity index is 1.73. The van der Waals surface area contributed by atoms with Gasteiger partial charge in [0, 0.05) is 31.3 Å². The Morgan fingerprint density at radius 1 is 1.25 bits per heavy atom. The van der Waals surface area contributed by atoms with E-state index in [-0.39, 0.29) is 0 Å². The zero-order valence-corrected chi connectivity index (χ0v) is 10.9. The van der Waals surface area contributed by atoms with Crippen LogP contribution in [0.15, 0.2) is 0 Å². The normalized spacial score (nSPS) is 33.8. The lowest BCUT2D eigenvalue weighted by Gasteiger charge is -2.25. The lowest BCUT2D eigenvalue weighted by molar-refractivity contribution is 0.0797. The molecular weight excluding hydrogens is 200 g/mol. The van der Waals surface area contributed by atoms with E-state index in [4.69, 9.17) is 4.74 Å². The molecule has 0 aromatic heterocycles. The average molecular weight is 226 g/mol. The van der Waals surface area contributed by atoms with Gasteiger partial charge >= 0.3 is 0 Å². The van der Waals surface area contributed by atoms with Crippen molar-refractivity contribution < 1.29 is 4.74 Å². The van der Waals surface area contributed by atoms with Gasteiger partial charge in [-0.1, -0.05) is 0 Å². The molecule has 0 amide bonds. The summed E-state index contributed by atoms with van der Waals surface area (Å²) in [4.78, 5) is 2.56. The van der Waals surface area contributed by atoms with Crippen LogP contribution in [0, 0.1) is 0 Å². The molecule has 0 aromatic rings. The van der Waals surface area contributed by atoms with Crippen LogP contribution in [0.2, 0.25) is 0 Å². The van der Waals surface area contributed by atoms with E-state index < -0.39 is 0 Å². The summed E-state index contributed by atoms with van der Waals surface area (Å²) in [6.07, 6.45) is 4.21. The van der Waals surface area contributed by atoms with Gasteiger partial charge in [-0.05, 0) is 46.6 Å². The number of hydrogen-bond donors (Lipinski definition) is 1. The van der Waals surface area contributed by atoms with Crippen LogP contribution in [0.5, 0.6) is 0 Å². The Bertz CT molecular complexity index is 214. The van der Waals surface area contributed by atoms with E-state index in [1.807, 2.05) is 0 Å². The molecule has 2 aliphatic rings. The van der Waals surface area contributed by atoms with Crippen LogP contribution in [-0.2, 0) is 4.74 Å². The number of hydrogen-bond acceptors (Lipinski definition) is 3. The molecule has 2 saturated heterocycles. The molecule has 2 heterocycles. The standard InChI is InChI=1S/C13H26N2O/c1-10(2)15-7-6-12(9-15)14-11(3)13-5-4-8-16-13/h10-14H,4-9H2,1-3H3. The molecule has 16 heavy (non-hydrogen) atoms. The third kappa shape index (κ3) is 2.96. The fraction of sp³-hybridized carbons (Fsp3) is 1.00. The van der Waals surface area contributed by atoms with Crippen LogP contribution >= 0.6 is 0 Å². The minimum absolute atomic E-state index is 0.452. The molecule has 0 bridgehead atoms. The first kappa shape index (κ1) is 12.3. The largest absolute Gasteiger partial charge is 0.377 e. The monoisotopic (exact) mass is 226 g/mol. The first-order valence-corrected chi connectivity index (χ1v) is 6.78. The van der Waals surface area contributed by atoms with Crippen LogP contribution in [0.1, 0.15) is 40.0 Å². The van der Waals surface area contributed by atoms with Crippen molar-refractivity contribution >= 4 is 0 Å². The molecule has 94 valence electrons. The Hall–Kier alpha value is -0.120. The second kappa shape index (κ2) is 5.48. The van der Waals surface area contributed by atoms with Crippen LogP contribution in [-0.4, -0.2) is 48.8 Å². The second-order valence-corrected chi connectivity index (χ2v) is 5.58. The third-order valence-electron chi connectivity index (χ3n) is 3.97. The molecule has 0 saturated carbocycles. The van der Waals surface area contributed by atoms with Crippen molar-refractivity contribution in [3.05, 3.63) is 0 Å². The first-order chi connectivity index (χ1) is 7.66. The van der Waals surface area contributed by atoms with E-state index in [1.165, 1.54) is 32.4 Å². The van der Waals surface area contributed by atoms with Gasteiger partial charge in [-0.2, -0.15) is 0 Å². The minimum Gasteiger partial charge on any atom is -0.377 e. The summed E-state index contributed by atoms with van der Waals surface area (Å²) in [6.45, 7) is 10.2. The van der Waals surface area contributed by atoms with Gasteiger partial charge in [0.1, 0.15) is 0 Å². The molecule has 0 spiro atoms. The van der Waals surface area contributed by atoms with E-state index in [0.717, 1.165) is 6.61 Å². The smallest absolute Gasteiger partial charge is 0.0726 e. The summed E-state index contributed by atoms with van der Waals surface area (Å²) in [7, 11) is 0. The van der Waals surface area contributed by atoms with Gasteiger partial charge in [-0.25, -0.2) is 0 Å². The highest BCUT2D eigenvalue weighted by Gasteiger charge is 2.28. The molecule has 1 N–H and O–H groups in total. The van der Waals surface area contributed by atoms with E-state index >= 15 is 0 Å². The molecule has 3 nitrogen and oxygen atoms in total. The quantitative estimate of drug-likeness (QED) is 0.788. The molecule has 2 rings (SSSR count). The van der Waals surface area contributed by atoms with Crippen molar-refractivity contribution in [3.8, 4) is 0 Å². The van der Waals surface area contributed by atoms with Crippen LogP contribution in [0.3, 0.4) is 0 Å². The van der Waals surface area contributed by atoms with E-state index in [0.29, 0.717) is 24.2 Å². The lowest BCUT2D eigenvalue weighted by Crippen LogP contribution is -2.45. The summed E-state index contributed by atoms with van der Waals surface area (Å²) in [5, 5.41) is 3.74. The Labute approximate surface area is 99.5 Å². The number of ether oxygens (including phenoxy) is 1. The molecule has 3 atom stereocenters. The average Bonchev–Trinajstić information content (AvgIpc) is 2.87. The molecule has 0 aromatic carbocycles. The predicted octanol–water partition coefficient (Wildman–Crippen LogP) is 1.63. The Kier molecular flexibility index (Phi) is 4.22. The van der Waals surface area contributed by atoms with Crippen molar-refractivity contribution in [1.29, 1.82) is 0 Å². The maximum Gasteiger partial charge on any atom is 0.0726 e. The maximum atomic E-state index is 5.72. The Morgan fingerprint density at radius 2 is 2.06 bits per heavy atom. The molecule has 3 unspecified atom stereocenters. The molecule has 0 aliphatic carbocycles. The van der Waals surface area contributed by atoms with E-state index in [2.05, 4.69) is 31.0 Å². The maximum absolute atomic E-state index is 5.72. The fourth-order valence-corrected chi connectivity index (χ4v) is 2.87. The van der Waals surface area contributed by atoms with Crippen LogP contribution in [0.25, 0.3) is 0 Å². The zero-order valence-electron chi connectivity index (χ0n) is 10.9. The highest BCUT2D eigenvalue weighted by Crippen LogP contribution is 2.18. The minimum atomic E-state index is 0.452.